The molecule has 2 amide bonds. The van der Waals surface area contributed by atoms with E-state index in [4.69, 9.17) is 14.6 Å². The lowest BCUT2D eigenvalue weighted by molar-refractivity contribution is -0.229. The Morgan fingerprint density at radius 3 is 2.86 bits per heavy atom. The van der Waals surface area contributed by atoms with Crippen LogP contribution in [0.5, 0.6) is 0 Å². The van der Waals surface area contributed by atoms with Crippen LogP contribution in [-0.2, 0) is 9.47 Å². The fourth-order valence-corrected chi connectivity index (χ4v) is 2.24. The number of hydrogen-bond donors (Lipinski definition) is 4. The number of hydrogen-bond acceptors (Lipinski definition) is 6. The number of aliphatic hydroxyl groups excluding tert-OH is 2. The average Bonchev–Trinajstić information content (AvgIpc) is 2.65. The van der Waals surface area contributed by atoms with Gasteiger partial charge in [-0.05, 0) is 19.9 Å². The van der Waals surface area contributed by atoms with Gasteiger partial charge in [-0.1, -0.05) is 0 Å². The van der Waals surface area contributed by atoms with Crippen molar-refractivity contribution >= 4 is 6.03 Å². The number of amides is 2. The van der Waals surface area contributed by atoms with Crippen LogP contribution in [0.2, 0.25) is 0 Å². The number of urea groups is 1. The minimum absolute atomic E-state index is 0.349. The smallest absolute Gasteiger partial charge is 0.325 e. The van der Waals surface area contributed by atoms with Crippen LogP contribution < -0.4 is 5.32 Å². The van der Waals surface area contributed by atoms with Gasteiger partial charge in [0.2, 0.25) is 5.85 Å². The number of carbonyl (C=O) groups is 1. The Labute approximate surface area is 120 Å². The SMILES string of the molecule is CC(C)(O)OC1C[C@@](F)(CO)O[C@H]1N1C=CC(O)NC1=O. The Balaban J connectivity index is 2.21. The lowest BCUT2D eigenvalue weighted by Gasteiger charge is -2.34. The van der Waals surface area contributed by atoms with Crippen molar-refractivity contribution in [3.8, 4) is 0 Å². The Kier molecular flexibility index (Phi) is 4.22. The largest absolute Gasteiger partial charge is 0.390 e. The van der Waals surface area contributed by atoms with Gasteiger partial charge in [0.15, 0.2) is 12.0 Å². The van der Waals surface area contributed by atoms with E-state index >= 15 is 0 Å². The average molecular weight is 306 g/mol. The maximum atomic E-state index is 14.2. The van der Waals surface area contributed by atoms with E-state index in [9.17, 15) is 19.4 Å². The highest BCUT2D eigenvalue weighted by molar-refractivity contribution is 5.77. The van der Waals surface area contributed by atoms with Gasteiger partial charge in [-0.15, -0.1) is 0 Å². The molecule has 0 spiro atoms. The molecular weight excluding hydrogens is 287 g/mol. The number of ether oxygens (including phenoxy) is 2. The summed E-state index contributed by atoms with van der Waals surface area (Å²) >= 11 is 0. The maximum absolute atomic E-state index is 14.2. The van der Waals surface area contributed by atoms with Crippen LogP contribution in [0.15, 0.2) is 12.3 Å². The van der Waals surface area contributed by atoms with Crippen molar-refractivity contribution < 1.29 is 34.0 Å². The first kappa shape index (κ1) is 16.1. The van der Waals surface area contributed by atoms with Crippen molar-refractivity contribution in [2.45, 2.75) is 50.5 Å². The molecule has 0 bridgehead atoms. The number of alkyl halides is 1. The molecule has 0 radical (unpaired) electrons. The first-order valence-electron chi connectivity index (χ1n) is 6.46. The summed E-state index contributed by atoms with van der Waals surface area (Å²) in [5, 5.41) is 30.3. The minimum Gasteiger partial charge on any atom is -0.390 e. The van der Waals surface area contributed by atoms with Crippen molar-refractivity contribution in [2.24, 2.45) is 0 Å². The highest BCUT2D eigenvalue weighted by Crippen LogP contribution is 2.37. The molecule has 1 saturated heterocycles. The Morgan fingerprint density at radius 1 is 1.67 bits per heavy atom. The molecule has 0 aromatic rings. The van der Waals surface area contributed by atoms with Crippen LogP contribution in [0.25, 0.3) is 0 Å². The summed E-state index contributed by atoms with van der Waals surface area (Å²) in [6.45, 7) is 1.81. The van der Waals surface area contributed by atoms with E-state index in [1.807, 2.05) is 0 Å². The monoisotopic (exact) mass is 306 g/mol. The zero-order valence-corrected chi connectivity index (χ0v) is 11.7. The van der Waals surface area contributed by atoms with Crippen LogP contribution in [0.3, 0.4) is 0 Å². The molecule has 8 nitrogen and oxygen atoms in total. The second-order valence-corrected chi connectivity index (χ2v) is 5.50. The van der Waals surface area contributed by atoms with Gasteiger partial charge in [-0.25, -0.2) is 9.18 Å². The van der Waals surface area contributed by atoms with Crippen LogP contribution in [0.1, 0.15) is 20.3 Å². The summed E-state index contributed by atoms with van der Waals surface area (Å²) in [7, 11) is 0. The summed E-state index contributed by atoms with van der Waals surface area (Å²) < 4.78 is 24.6. The predicted octanol–water partition coefficient (Wildman–Crippen LogP) is -0.638. The zero-order chi connectivity index (χ0) is 15.8. The summed E-state index contributed by atoms with van der Waals surface area (Å²) in [4.78, 5) is 12.8. The quantitative estimate of drug-likeness (QED) is 0.514. The van der Waals surface area contributed by atoms with E-state index in [1.165, 1.54) is 26.1 Å². The zero-order valence-electron chi connectivity index (χ0n) is 11.7. The van der Waals surface area contributed by atoms with Crippen molar-refractivity contribution in [1.82, 2.24) is 10.2 Å². The second-order valence-electron chi connectivity index (χ2n) is 5.50. The standard InChI is InChI=1S/C12H19FN2O6/c1-11(2,19)20-7-5-12(13,6-16)21-9(7)15-4-3-8(17)14-10(15)18/h3-4,7-9,16-17,19H,5-6H2,1-2H3,(H,14,18)/t7?,8?,9-,12+/m1/s1. The molecule has 0 aromatic heterocycles. The molecule has 0 aromatic carbocycles. The van der Waals surface area contributed by atoms with E-state index in [-0.39, 0.29) is 6.42 Å². The van der Waals surface area contributed by atoms with Gasteiger partial charge in [0.05, 0.1) is 0 Å². The number of nitrogens with zero attached hydrogens (tertiary/aromatic N) is 1. The maximum Gasteiger partial charge on any atom is 0.325 e. The molecule has 4 N–H and O–H groups in total. The van der Waals surface area contributed by atoms with Gasteiger partial charge >= 0.3 is 6.03 Å². The molecule has 1 fully saturated rings. The van der Waals surface area contributed by atoms with Gasteiger partial charge in [0, 0.05) is 12.6 Å². The van der Waals surface area contributed by atoms with Gasteiger partial charge < -0.3 is 30.1 Å². The highest BCUT2D eigenvalue weighted by atomic mass is 19.2. The van der Waals surface area contributed by atoms with Gasteiger partial charge in [0.25, 0.3) is 0 Å². The highest BCUT2D eigenvalue weighted by Gasteiger charge is 2.52. The second kappa shape index (κ2) is 5.50. The van der Waals surface area contributed by atoms with E-state index in [0.29, 0.717) is 0 Å². The summed E-state index contributed by atoms with van der Waals surface area (Å²) in [6, 6.07) is -0.707. The lowest BCUT2D eigenvalue weighted by atomic mass is 10.1. The molecule has 2 aliphatic heterocycles. The number of rotatable bonds is 4. The number of aliphatic hydroxyl groups is 3. The first-order chi connectivity index (χ1) is 9.63. The third-order valence-corrected chi connectivity index (χ3v) is 3.04. The topological polar surface area (TPSA) is 111 Å². The molecular formula is C12H19FN2O6. The van der Waals surface area contributed by atoms with Crippen LogP contribution in [-0.4, -0.2) is 63.1 Å². The molecule has 2 unspecified atom stereocenters. The van der Waals surface area contributed by atoms with Crippen molar-refractivity contribution in [3.63, 3.8) is 0 Å². The van der Waals surface area contributed by atoms with E-state index in [2.05, 4.69) is 5.32 Å². The third-order valence-electron chi connectivity index (χ3n) is 3.04. The molecule has 2 rings (SSSR count). The van der Waals surface area contributed by atoms with Gasteiger partial charge in [-0.2, -0.15) is 0 Å². The third kappa shape index (κ3) is 3.69. The Morgan fingerprint density at radius 2 is 2.33 bits per heavy atom. The van der Waals surface area contributed by atoms with Crippen molar-refractivity contribution in [3.05, 3.63) is 12.3 Å². The lowest BCUT2D eigenvalue weighted by Crippen LogP contribution is -2.53. The fraction of sp³-hybridized carbons (Fsp3) is 0.750. The first-order valence-corrected chi connectivity index (χ1v) is 6.46. The summed E-state index contributed by atoms with van der Waals surface area (Å²) in [6.07, 6.45) is -1.17. The fourth-order valence-electron chi connectivity index (χ4n) is 2.24. The van der Waals surface area contributed by atoms with Crippen LogP contribution >= 0.6 is 0 Å². The summed E-state index contributed by atoms with van der Waals surface area (Å²) in [5.41, 5.74) is 0. The van der Waals surface area contributed by atoms with Crippen molar-refractivity contribution in [1.29, 1.82) is 0 Å². The molecule has 0 aliphatic carbocycles. The van der Waals surface area contributed by atoms with Crippen molar-refractivity contribution in [2.75, 3.05) is 6.61 Å². The van der Waals surface area contributed by atoms with E-state index < -0.39 is 42.8 Å². The summed E-state index contributed by atoms with van der Waals surface area (Å²) in [5.74, 6) is -3.94. The molecule has 2 heterocycles. The van der Waals surface area contributed by atoms with E-state index in [0.717, 1.165) is 4.90 Å². The minimum atomic E-state index is -2.37. The Hall–Kier alpha value is -1.26. The molecule has 0 saturated carbocycles. The molecule has 21 heavy (non-hydrogen) atoms. The number of nitrogens with one attached hydrogen (secondary N) is 1. The normalized spacial score (nSPS) is 37.0. The predicted molar refractivity (Wildman–Crippen MR) is 67.1 cm³/mol. The van der Waals surface area contributed by atoms with Gasteiger partial charge in [-0.3, -0.25) is 4.90 Å². The molecule has 4 atom stereocenters. The molecule has 120 valence electrons. The molecule has 2 aliphatic rings. The van der Waals surface area contributed by atoms with Crippen LogP contribution in [0, 0.1) is 0 Å². The Bertz CT molecular complexity index is 440. The van der Waals surface area contributed by atoms with E-state index in [1.54, 1.807) is 0 Å². The molecule has 9 heteroatoms. The van der Waals surface area contributed by atoms with Gasteiger partial charge in [0.1, 0.15) is 18.9 Å². The number of halogens is 1. The number of carbonyl (C=O) groups excluding carboxylic acids is 1. The van der Waals surface area contributed by atoms with Crippen LogP contribution in [0.4, 0.5) is 9.18 Å².